The van der Waals surface area contributed by atoms with Gasteiger partial charge in [-0.05, 0) is 42.0 Å². The summed E-state index contributed by atoms with van der Waals surface area (Å²) >= 11 is 0. The molecule has 2 aromatic rings. The van der Waals surface area contributed by atoms with E-state index in [9.17, 15) is 19.2 Å². The van der Waals surface area contributed by atoms with Crippen LogP contribution in [0.1, 0.15) is 67.9 Å². The van der Waals surface area contributed by atoms with Gasteiger partial charge in [0.1, 0.15) is 24.4 Å². The summed E-state index contributed by atoms with van der Waals surface area (Å²) in [5, 5.41) is 8.41. The molecule has 42 heavy (non-hydrogen) atoms. The lowest BCUT2D eigenvalue weighted by atomic mass is 10.0. The van der Waals surface area contributed by atoms with Gasteiger partial charge in [0.15, 0.2) is 0 Å². The highest BCUT2D eigenvalue weighted by atomic mass is 16.5. The first-order chi connectivity index (χ1) is 20.2. The van der Waals surface area contributed by atoms with E-state index in [4.69, 9.17) is 9.47 Å². The smallest absolute Gasteiger partial charge is 0.255 e. The van der Waals surface area contributed by atoms with E-state index in [-0.39, 0.29) is 37.0 Å². The highest BCUT2D eigenvalue weighted by molar-refractivity contribution is 6.01. The Morgan fingerprint density at radius 1 is 1.07 bits per heavy atom. The molecule has 10 nitrogen and oxygen atoms in total. The highest BCUT2D eigenvalue weighted by Gasteiger charge is 2.31. The summed E-state index contributed by atoms with van der Waals surface area (Å²) in [4.78, 5) is 55.4. The van der Waals surface area contributed by atoms with Gasteiger partial charge in [-0.1, -0.05) is 63.6 Å². The van der Waals surface area contributed by atoms with Crippen LogP contribution in [-0.4, -0.2) is 67.4 Å². The van der Waals surface area contributed by atoms with Crippen molar-refractivity contribution in [3.63, 3.8) is 0 Å². The van der Waals surface area contributed by atoms with Crippen molar-refractivity contribution >= 4 is 23.6 Å². The fourth-order valence-electron chi connectivity index (χ4n) is 4.76. The minimum atomic E-state index is -1.17. The zero-order chi connectivity index (χ0) is 30.5. The molecule has 0 aromatic heterocycles. The topological polar surface area (TPSA) is 126 Å². The van der Waals surface area contributed by atoms with Crippen molar-refractivity contribution in [2.24, 2.45) is 5.92 Å². The second kappa shape index (κ2) is 16.5. The van der Waals surface area contributed by atoms with Crippen molar-refractivity contribution in [1.29, 1.82) is 0 Å². The third kappa shape index (κ3) is 9.87. The van der Waals surface area contributed by atoms with Crippen molar-refractivity contribution in [2.75, 3.05) is 26.8 Å². The maximum Gasteiger partial charge on any atom is 0.255 e. The molecule has 0 radical (unpaired) electrons. The van der Waals surface area contributed by atoms with Gasteiger partial charge >= 0.3 is 0 Å². The normalized spacial score (nSPS) is 18.4. The number of nitrogens with zero attached hydrogens (tertiary/aromatic N) is 1. The standard InChI is InChI=1S/C32H44N4O6/c1-5-6-15-36-16-17-42-28-10-8-7-9-25(28)30(38)35-26(19-29(37)34-27(32(36)40)18-22(2)3)31(39)33-20-23-11-13-24(14-12-23)21-41-4/h7-14,22,26-27H,5-6,15-21H2,1-4H3,(H,33,39)(H,34,37)(H,35,38)/t26-,27-/m0/s1. The van der Waals surface area contributed by atoms with E-state index < -0.39 is 29.8 Å². The second-order valence-electron chi connectivity index (χ2n) is 11.0. The minimum Gasteiger partial charge on any atom is -0.491 e. The molecule has 0 fully saturated rings. The van der Waals surface area contributed by atoms with Crippen LogP contribution in [0.25, 0.3) is 0 Å². The van der Waals surface area contributed by atoms with E-state index in [1.165, 1.54) is 0 Å². The van der Waals surface area contributed by atoms with E-state index in [1.807, 2.05) is 38.1 Å². The number of ether oxygens (including phenoxy) is 2. The summed E-state index contributed by atoms with van der Waals surface area (Å²) in [5.74, 6) is -1.23. The van der Waals surface area contributed by atoms with E-state index in [1.54, 1.807) is 36.3 Å². The number of benzene rings is 2. The van der Waals surface area contributed by atoms with Crippen LogP contribution in [0.4, 0.5) is 0 Å². The molecule has 0 spiro atoms. The molecule has 0 bridgehead atoms. The number of hydrogen-bond acceptors (Lipinski definition) is 6. The Morgan fingerprint density at radius 2 is 1.79 bits per heavy atom. The molecule has 3 rings (SSSR count). The summed E-state index contributed by atoms with van der Waals surface area (Å²) in [5.41, 5.74) is 2.10. The molecule has 0 saturated carbocycles. The third-order valence-corrected chi connectivity index (χ3v) is 7.00. The Balaban J connectivity index is 1.86. The highest BCUT2D eigenvalue weighted by Crippen LogP contribution is 2.19. The molecule has 0 unspecified atom stereocenters. The lowest BCUT2D eigenvalue weighted by molar-refractivity contribution is -0.137. The number of methoxy groups -OCH3 is 1. The van der Waals surface area contributed by atoms with Gasteiger partial charge in [-0.15, -0.1) is 0 Å². The van der Waals surface area contributed by atoms with Crippen LogP contribution in [0, 0.1) is 5.92 Å². The predicted octanol–water partition coefficient (Wildman–Crippen LogP) is 3.19. The largest absolute Gasteiger partial charge is 0.491 e. The van der Waals surface area contributed by atoms with Gasteiger partial charge in [0, 0.05) is 20.2 Å². The van der Waals surface area contributed by atoms with Crippen molar-refractivity contribution < 1.29 is 28.7 Å². The Hall–Kier alpha value is -3.92. The van der Waals surface area contributed by atoms with Crippen molar-refractivity contribution in [2.45, 2.75) is 71.7 Å². The fourth-order valence-corrected chi connectivity index (χ4v) is 4.76. The molecule has 0 aliphatic carbocycles. The zero-order valence-corrected chi connectivity index (χ0v) is 25.1. The molecule has 2 atom stereocenters. The Labute approximate surface area is 248 Å². The first-order valence-electron chi connectivity index (χ1n) is 14.7. The average molecular weight is 581 g/mol. The number of amides is 4. The van der Waals surface area contributed by atoms with Gasteiger partial charge in [0.05, 0.1) is 25.1 Å². The first kappa shape index (κ1) is 32.6. The van der Waals surface area contributed by atoms with Crippen LogP contribution in [0.2, 0.25) is 0 Å². The maximum absolute atomic E-state index is 13.6. The second-order valence-corrected chi connectivity index (χ2v) is 11.0. The molecule has 0 saturated heterocycles. The van der Waals surface area contributed by atoms with Gasteiger partial charge in [-0.3, -0.25) is 19.2 Å². The van der Waals surface area contributed by atoms with E-state index in [0.717, 1.165) is 24.0 Å². The molecule has 1 aliphatic rings. The lowest BCUT2D eigenvalue weighted by Gasteiger charge is -2.30. The molecular weight excluding hydrogens is 536 g/mol. The van der Waals surface area contributed by atoms with Gasteiger partial charge in [0.2, 0.25) is 17.7 Å². The monoisotopic (exact) mass is 580 g/mol. The molecule has 2 aromatic carbocycles. The van der Waals surface area contributed by atoms with E-state index >= 15 is 0 Å². The summed E-state index contributed by atoms with van der Waals surface area (Å²) in [6.45, 7) is 7.74. The molecular formula is C32H44N4O6. The quantitative estimate of drug-likeness (QED) is 0.396. The number of fused-ring (bicyclic) bond motifs is 1. The van der Waals surface area contributed by atoms with Gasteiger partial charge in [-0.2, -0.15) is 0 Å². The first-order valence-corrected chi connectivity index (χ1v) is 14.7. The maximum atomic E-state index is 13.6. The van der Waals surface area contributed by atoms with E-state index in [0.29, 0.717) is 31.9 Å². The average Bonchev–Trinajstić information content (AvgIpc) is 2.97. The summed E-state index contributed by atoms with van der Waals surface area (Å²) in [7, 11) is 1.62. The van der Waals surface area contributed by atoms with Gasteiger partial charge < -0.3 is 30.3 Å². The van der Waals surface area contributed by atoms with Crippen LogP contribution in [0.15, 0.2) is 48.5 Å². The molecule has 4 amide bonds. The lowest BCUT2D eigenvalue weighted by Crippen LogP contribution is -2.53. The number of nitrogens with one attached hydrogen (secondary N) is 3. The number of hydrogen-bond donors (Lipinski definition) is 3. The Bertz CT molecular complexity index is 1200. The zero-order valence-electron chi connectivity index (χ0n) is 25.1. The van der Waals surface area contributed by atoms with Crippen molar-refractivity contribution in [3.8, 4) is 5.75 Å². The molecule has 3 N–H and O–H groups in total. The number of rotatable bonds is 10. The third-order valence-electron chi connectivity index (χ3n) is 7.00. The Kier molecular flexibility index (Phi) is 12.8. The molecule has 1 heterocycles. The van der Waals surface area contributed by atoms with Crippen LogP contribution in [0.3, 0.4) is 0 Å². The predicted molar refractivity (Wildman–Crippen MR) is 160 cm³/mol. The number of para-hydroxylation sites is 1. The van der Waals surface area contributed by atoms with Crippen molar-refractivity contribution in [3.05, 3.63) is 65.2 Å². The number of unbranched alkanes of at least 4 members (excludes halogenated alkanes) is 1. The van der Waals surface area contributed by atoms with Gasteiger partial charge in [0.25, 0.3) is 5.91 Å². The summed E-state index contributed by atoms with van der Waals surface area (Å²) < 4.78 is 11.1. The molecule has 1 aliphatic heterocycles. The van der Waals surface area contributed by atoms with Crippen LogP contribution < -0.4 is 20.7 Å². The minimum absolute atomic E-state index is 0.142. The summed E-state index contributed by atoms with van der Waals surface area (Å²) in [6.07, 6.45) is 1.83. The van der Waals surface area contributed by atoms with Gasteiger partial charge in [-0.25, -0.2) is 0 Å². The fraction of sp³-hybridized carbons (Fsp3) is 0.500. The van der Waals surface area contributed by atoms with Crippen LogP contribution in [-0.2, 0) is 32.3 Å². The Morgan fingerprint density at radius 3 is 2.48 bits per heavy atom. The SMILES string of the molecule is CCCCN1CCOc2ccccc2C(=O)N[C@H](C(=O)NCc2ccc(COC)cc2)CC(=O)N[C@@H](CC(C)C)C1=O. The van der Waals surface area contributed by atoms with Crippen molar-refractivity contribution in [1.82, 2.24) is 20.9 Å². The number of carbonyl (C=O) groups excluding carboxylic acids is 4. The van der Waals surface area contributed by atoms with Crippen LogP contribution in [0.5, 0.6) is 5.75 Å². The summed E-state index contributed by atoms with van der Waals surface area (Å²) in [6, 6.07) is 12.4. The van der Waals surface area contributed by atoms with E-state index in [2.05, 4.69) is 22.9 Å². The molecule has 228 valence electrons. The molecule has 10 heteroatoms. The number of carbonyl (C=O) groups is 4. The van der Waals surface area contributed by atoms with Crippen LogP contribution >= 0.6 is 0 Å².